The molecule has 2 aliphatic rings. The Balaban J connectivity index is 0.000000204. The summed E-state index contributed by atoms with van der Waals surface area (Å²) < 4.78 is 15.8. The lowest BCUT2D eigenvalue weighted by Crippen LogP contribution is -2.38. The van der Waals surface area contributed by atoms with Crippen LogP contribution in [-0.4, -0.2) is 22.6 Å². The summed E-state index contributed by atoms with van der Waals surface area (Å²) >= 11 is 0. The van der Waals surface area contributed by atoms with Gasteiger partial charge in [0, 0.05) is 6.07 Å². The average Bonchev–Trinajstić information content (AvgIpc) is 3.43. The van der Waals surface area contributed by atoms with Gasteiger partial charge in [-0.2, -0.15) is 0 Å². The molecular formula is C50H70O7. The summed E-state index contributed by atoms with van der Waals surface area (Å²) in [6, 6.07) is 22.0. The van der Waals surface area contributed by atoms with Crippen LogP contribution >= 0.6 is 0 Å². The summed E-state index contributed by atoms with van der Waals surface area (Å²) in [5.74, 6) is 1.53. The summed E-state index contributed by atoms with van der Waals surface area (Å²) in [7, 11) is 0. The summed E-state index contributed by atoms with van der Waals surface area (Å²) in [6.45, 7) is 26.3. The number of phenolic OH excluding ortho intramolecular Hbond substituents is 1. The number of carbonyl (C=O) groups excluding carboxylic acids is 2. The van der Waals surface area contributed by atoms with Gasteiger partial charge in [-0.25, -0.2) is 0 Å². The molecule has 0 bridgehead atoms. The zero-order valence-corrected chi connectivity index (χ0v) is 37.1. The first-order valence-electron chi connectivity index (χ1n) is 21.0. The van der Waals surface area contributed by atoms with Crippen LogP contribution in [0.15, 0.2) is 82.2 Å². The fraction of sp³-hybridized carbons (Fsp3) is 0.540. The Morgan fingerprint density at radius 2 is 1.26 bits per heavy atom. The lowest BCUT2D eigenvalue weighted by molar-refractivity contribution is -0.172. The van der Waals surface area contributed by atoms with Crippen molar-refractivity contribution < 1.29 is 28.6 Å². The summed E-state index contributed by atoms with van der Waals surface area (Å²) in [5.41, 5.74) is 3.09. The quantitative estimate of drug-likeness (QED) is 0.178. The van der Waals surface area contributed by atoms with Gasteiger partial charge >= 0.3 is 11.9 Å². The predicted octanol–water partition coefficient (Wildman–Crippen LogP) is 13.1. The van der Waals surface area contributed by atoms with E-state index in [4.69, 9.17) is 19.0 Å². The molecule has 0 aliphatic heterocycles. The minimum Gasteiger partial charge on any atom is -0.508 e. The Hall–Kier alpha value is -4.39. The fourth-order valence-corrected chi connectivity index (χ4v) is 6.72. The van der Waals surface area contributed by atoms with Crippen LogP contribution < -0.4 is 10.2 Å². The van der Waals surface area contributed by atoms with E-state index in [-0.39, 0.29) is 33.6 Å². The van der Waals surface area contributed by atoms with Crippen molar-refractivity contribution in [1.29, 1.82) is 0 Å². The maximum Gasteiger partial charge on any atom is 0.317 e. The first kappa shape index (κ1) is 47.0. The van der Waals surface area contributed by atoms with Gasteiger partial charge in [-0.15, -0.1) is 0 Å². The van der Waals surface area contributed by atoms with Crippen LogP contribution in [0.25, 0.3) is 10.8 Å². The van der Waals surface area contributed by atoms with Crippen molar-refractivity contribution >= 4 is 22.7 Å². The molecule has 2 unspecified atom stereocenters. The van der Waals surface area contributed by atoms with E-state index in [1.54, 1.807) is 32.9 Å². The van der Waals surface area contributed by atoms with Crippen LogP contribution in [0.4, 0.5) is 0 Å². The molecule has 7 nitrogen and oxygen atoms in total. The van der Waals surface area contributed by atoms with Crippen LogP contribution in [0.1, 0.15) is 169 Å². The second-order valence-corrected chi connectivity index (χ2v) is 18.1. The molecule has 6 rings (SSSR count). The van der Waals surface area contributed by atoms with Gasteiger partial charge in [-0.3, -0.25) is 14.4 Å². The molecule has 3 aromatic carbocycles. The molecule has 1 N–H and O–H groups in total. The van der Waals surface area contributed by atoms with Crippen molar-refractivity contribution in [3.8, 4) is 11.5 Å². The van der Waals surface area contributed by atoms with E-state index in [0.29, 0.717) is 29.8 Å². The minimum absolute atomic E-state index is 0.0194. The van der Waals surface area contributed by atoms with Gasteiger partial charge in [-0.1, -0.05) is 103 Å². The van der Waals surface area contributed by atoms with Gasteiger partial charge in [0.1, 0.15) is 17.1 Å². The number of aryl methyl sites for hydroxylation is 1. The maximum atomic E-state index is 11.9. The number of benzene rings is 3. The molecule has 0 spiro atoms. The number of phenols is 1. The second kappa shape index (κ2) is 19.8. The molecule has 1 saturated carbocycles. The van der Waals surface area contributed by atoms with E-state index in [0.717, 1.165) is 25.7 Å². The SMILES string of the molecule is CC1c2cccc3cccc(c23)C1C.CCC(C)(C)C(=O)OC1(C)CCCCC1.CCC(C)(C)C(=O)Oc1c(C)occc1=O.CCC(C)(C)c1ccc(O)cc1. The molecule has 0 amide bonds. The molecule has 2 aliphatic carbocycles. The Bertz CT molecular complexity index is 1930. The zero-order chi connectivity index (χ0) is 42.8. The molecule has 0 saturated heterocycles. The highest BCUT2D eigenvalue weighted by molar-refractivity contribution is 5.92. The van der Waals surface area contributed by atoms with Crippen LogP contribution in [0.3, 0.4) is 0 Å². The van der Waals surface area contributed by atoms with Gasteiger partial charge in [0.05, 0.1) is 17.1 Å². The van der Waals surface area contributed by atoms with Crippen molar-refractivity contribution in [3.63, 3.8) is 0 Å². The number of hydrogen-bond acceptors (Lipinski definition) is 7. The molecule has 1 heterocycles. The molecule has 57 heavy (non-hydrogen) atoms. The van der Waals surface area contributed by atoms with Gasteiger partial charge in [-0.05, 0) is 143 Å². The van der Waals surface area contributed by atoms with E-state index >= 15 is 0 Å². The van der Waals surface area contributed by atoms with Crippen LogP contribution in [0.2, 0.25) is 0 Å². The monoisotopic (exact) mass is 783 g/mol. The number of aromatic hydroxyl groups is 1. The highest BCUT2D eigenvalue weighted by Gasteiger charge is 2.36. The van der Waals surface area contributed by atoms with Gasteiger partial charge in [0.25, 0.3) is 0 Å². The standard InChI is InChI=1S/C14H14.C13H24O2.C12H16O4.C11H16O/c1-9-10(2)13-8-4-6-11-5-3-7-12(9)14(11)13;1-5-12(2,3)11(14)15-13(4)9-7-6-8-10-13;1-5-12(3,4)11(14)16-10-8(2)15-7-6-9(10)13;1-4-11(2,3)9-5-7-10(12)8-6-9/h3-10H,1-2H3;5-10H2,1-4H3;6-7H,5H2,1-4H3;5-8,12H,4H2,1-3H3. The molecule has 2 atom stereocenters. The number of rotatable bonds is 8. The molecule has 4 aromatic rings. The smallest absolute Gasteiger partial charge is 0.317 e. The second-order valence-electron chi connectivity index (χ2n) is 18.1. The Morgan fingerprint density at radius 1 is 0.754 bits per heavy atom. The lowest BCUT2D eigenvalue weighted by atomic mass is 9.82. The predicted molar refractivity (Wildman–Crippen MR) is 233 cm³/mol. The van der Waals surface area contributed by atoms with Crippen molar-refractivity contribution in [2.45, 2.75) is 164 Å². The van der Waals surface area contributed by atoms with Crippen molar-refractivity contribution in [2.75, 3.05) is 0 Å². The number of hydrogen-bond donors (Lipinski definition) is 1. The van der Waals surface area contributed by atoms with Gasteiger partial charge in [0.2, 0.25) is 11.2 Å². The largest absolute Gasteiger partial charge is 0.508 e. The van der Waals surface area contributed by atoms with Gasteiger partial charge in [0.15, 0.2) is 0 Å². The number of esters is 2. The van der Waals surface area contributed by atoms with Crippen LogP contribution in [0.5, 0.6) is 11.5 Å². The molecule has 7 heteroatoms. The van der Waals surface area contributed by atoms with Gasteiger partial charge < -0.3 is 19.0 Å². The molecule has 1 aromatic heterocycles. The van der Waals surface area contributed by atoms with Crippen LogP contribution in [0, 0.1) is 17.8 Å². The highest BCUT2D eigenvalue weighted by Crippen LogP contribution is 2.46. The average molecular weight is 783 g/mol. The third-order valence-corrected chi connectivity index (χ3v) is 12.6. The normalized spacial score (nSPS) is 17.1. The van der Waals surface area contributed by atoms with E-state index in [1.807, 2.05) is 39.8 Å². The summed E-state index contributed by atoms with van der Waals surface area (Å²) in [4.78, 5) is 35.2. The van der Waals surface area contributed by atoms with E-state index < -0.39 is 11.4 Å². The van der Waals surface area contributed by atoms with E-state index in [9.17, 15) is 14.4 Å². The lowest BCUT2D eigenvalue weighted by Gasteiger charge is -2.36. The van der Waals surface area contributed by atoms with E-state index in [1.165, 1.54) is 59.1 Å². The molecule has 312 valence electrons. The van der Waals surface area contributed by atoms with Crippen molar-refractivity contribution in [3.05, 3.63) is 106 Å². The zero-order valence-electron chi connectivity index (χ0n) is 37.1. The Morgan fingerprint density at radius 3 is 1.74 bits per heavy atom. The highest BCUT2D eigenvalue weighted by atomic mass is 16.6. The molecule has 0 radical (unpaired) electrons. The van der Waals surface area contributed by atoms with Crippen LogP contribution in [-0.2, 0) is 19.7 Å². The summed E-state index contributed by atoms with van der Waals surface area (Å²) in [5, 5.41) is 12.0. The Labute approximate surface area is 342 Å². The maximum absolute atomic E-state index is 11.9. The minimum atomic E-state index is -0.602. The summed E-state index contributed by atoms with van der Waals surface area (Å²) in [6.07, 6.45) is 9.58. The molecule has 1 fully saturated rings. The third-order valence-electron chi connectivity index (χ3n) is 12.6. The first-order valence-corrected chi connectivity index (χ1v) is 21.0. The first-order chi connectivity index (χ1) is 26.6. The van der Waals surface area contributed by atoms with Crippen molar-refractivity contribution in [2.24, 2.45) is 10.8 Å². The fourth-order valence-electron chi connectivity index (χ4n) is 6.72. The number of ether oxygens (including phenoxy) is 2. The molecular weight excluding hydrogens is 713 g/mol. The topological polar surface area (TPSA) is 103 Å². The third kappa shape index (κ3) is 12.3. The Kier molecular flexibility index (Phi) is 16.4. The van der Waals surface area contributed by atoms with Crippen molar-refractivity contribution in [1.82, 2.24) is 0 Å². The number of carbonyl (C=O) groups is 2. The van der Waals surface area contributed by atoms with E-state index in [2.05, 4.69) is 77.9 Å².